The molecule has 8 nitrogen and oxygen atoms in total. The van der Waals surface area contributed by atoms with Crippen LogP contribution < -0.4 is 5.32 Å². The van der Waals surface area contributed by atoms with Crippen LogP contribution in [-0.4, -0.2) is 35.7 Å². The number of aromatic nitrogens is 6. The molecule has 0 saturated carbocycles. The van der Waals surface area contributed by atoms with E-state index >= 15 is 0 Å². The molecular weight excluding hydrogens is 374 g/mol. The maximum absolute atomic E-state index is 12.1. The lowest BCUT2D eigenvalue weighted by atomic mass is 10.3. The summed E-state index contributed by atoms with van der Waals surface area (Å²) in [7, 11) is 0. The van der Waals surface area contributed by atoms with E-state index in [1.165, 1.54) is 22.3 Å². The van der Waals surface area contributed by atoms with Gasteiger partial charge in [0.25, 0.3) is 0 Å². The molecule has 10 heteroatoms. The molecule has 1 amide bonds. The van der Waals surface area contributed by atoms with E-state index in [4.69, 9.17) is 11.6 Å². The Balaban J connectivity index is 1.47. The SMILES string of the molecule is CCn1ncc(NC(=O)Cn2cc(-c3nc4ccc(Cl)cc4s3)cn2)n1. The van der Waals surface area contributed by atoms with Gasteiger partial charge in [-0.3, -0.25) is 9.48 Å². The van der Waals surface area contributed by atoms with Crippen molar-refractivity contribution in [2.45, 2.75) is 20.0 Å². The third-order valence-electron chi connectivity index (χ3n) is 3.62. The van der Waals surface area contributed by atoms with Crippen LogP contribution in [0.25, 0.3) is 20.8 Å². The summed E-state index contributed by atoms with van der Waals surface area (Å²) < 4.78 is 2.57. The highest BCUT2D eigenvalue weighted by molar-refractivity contribution is 7.21. The normalized spacial score (nSPS) is 11.2. The zero-order valence-corrected chi connectivity index (χ0v) is 15.3. The number of hydrogen-bond donors (Lipinski definition) is 1. The number of carbonyl (C=O) groups excluding carboxylic acids is 1. The van der Waals surface area contributed by atoms with E-state index < -0.39 is 0 Å². The lowest BCUT2D eigenvalue weighted by Gasteiger charge is -2.01. The predicted molar refractivity (Wildman–Crippen MR) is 100 cm³/mol. The Hall–Kier alpha value is -2.78. The zero-order valence-electron chi connectivity index (χ0n) is 13.8. The third-order valence-corrected chi connectivity index (χ3v) is 4.93. The first-order valence-corrected chi connectivity index (χ1v) is 9.09. The Kier molecular flexibility index (Phi) is 4.39. The molecule has 0 atom stereocenters. The van der Waals surface area contributed by atoms with Crippen molar-refractivity contribution in [3.63, 3.8) is 0 Å². The number of fused-ring (bicyclic) bond motifs is 1. The van der Waals surface area contributed by atoms with Gasteiger partial charge in [0.05, 0.1) is 29.2 Å². The highest BCUT2D eigenvalue weighted by Gasteiger charge is 2.11. The molecule has 0 unspecified atom stereocenters. The second kappa shape index (κ2) is 6.85. The summed E-state index contributed by atoms with van der Waals surface area (Å²) in [5.74, 6) is 0.200. The van der Waals surface area contributed by atoms with Gasteiger partial charge in [-0.1, -0.05) is 11.6 Å². The monoisotopic (exact) mass is 387 g/mol. The van der Waals surface area contributed by atoms with E-state index in [9.17, 15) is 4.79 Å². The van der Waals surface area contributed by atoms with Crippen molar-refractivity contribution in [1.82, 2.24) is 29.8 Å². The second-order valence-corrected chi connectivity index (χ2v) is 6.99. The van der Waals surface area contributed by atoms with Crippen molar-refractivity contribution < 1.29 is 4.79 Å². The van der Waals surface area contributed by atoms with E-state index in [2.05, 4.69) is 25.6 Å². The minimum atomic E-state index is -0.223. The van der Waals surface area contributed by atoms with Crippen LogP contribution >= 0.6 is 22.9 Å². The first kappa shape index (κ1) is 16.7. The van der Waals surface area contributed by atoms with Crippen LogP contribution in [0.5, 0.6) is 0 Å². The lowest BCUT2D eigenvalue weighted by Crippen LogP contribution is -2.19. The summed E-state index contributed by atoms with van der Waals surface area (Å²) in [5, 5.41) is 16.6. The number of nitrogens with one attached hydrogen (secondary N) is 1. The molecule has 0 radical (unpaired) electrons. The topological polar surface area (TPSA) is 90.5 Å². The second-order valence-electron chi connectivity index (χ2n) is 5.52. The third kappa shape index (κ3) is 3.44. The number of anilines is 1. The quantitative estimate of drug-likeness (QED) is 0.568. The Morgan fingerprint density at radius 1 is 1.31 bits per heavy atom. The molecular formula is C16H14ClN7OS. The van der Waals surface area contributed by atoms with Gasteiger partial charge in [-0.05, 0) is 25.1 Å². The van der Waals surface area contributed by atoms with Crippen molar-refractivity contribution in [3.8, 4) is 10.6 Å². The molecule has 26 heavy (non-hydrogen) atoms. The van der Waals surface area contributed by atoms with Crippen LogP contribution in [0.2, 0.25) is 5.02 Å². The zero-order chi connectivity index (χ0) is 18.1. The molecule has 0 aliphatic carbocycles. The van der Waals surface area contributed by atoms with Crippen molar-refractivity contribution in [2.24, 2.45) is 0 Å². The average Bonchev–Trinajstić information content (AvgIpc) is 3.33. The molecule has 0 bridgehead atoms. The average molecular weight is 388 g/mol. The summed E-state index contributed by atoms with van der Waals surface area (Å²) in [6, 6.07) is 5.59. The Labute approximate surface area is 157 Å². The molecule has 0 aliphatic rings. The fourth-order valence-corrected chi connectivity index (χ4v) is 3.64. The number of nitrogens with zero attached hydrogens (tertiary/aromatic N) is 6. The van der Waals surface area contributed by atoms with Gasteiger partial charge in [0.1, 0.15) is 11.6 Å². The van der Waals surface area contributed by atoms with Crippen LogP contribution in [0.4, 0.5) is 5.82 Å². The molecule has 3 heterocycles. The fraction of sp³-hybridized carbons (Fsp3) is 0.188. The Bertz CT molecular complexity index is 1080. The van der Waals surface area contributed by atoms with Crippen molar-refractivity contribution in [1.29, 1.82) is 0 Å². The molecule has 0 saturated heterocycles. The predicted octanol–water partition coefficient (Wildman–Crippen LogP) is 3.06. The number of rotatable bonds is 5. The maximum atomic E-state index is 12.1. The minimum absolute atomic E-state index is 0.0791. The van der Waals surface area contributed by atoms with Gasteiger partial charge in [-0.25, -0.2) is 4.98 Å². The van der Waals surface area contributed by atoms with Gasteiger partial charge < -0.3 is 5.32 Å². The van der Waals surface area contributed by atoms with E-state index in [0.717, 1.165) is 20.8 Å². The first-order chi connectivity index (χ1) is 12.6. The molecule has 0 aliphatic heterocycles. The van der Waals surface area contributed by atoms with E-state index in [1.54, 1.807) is 17.1 Å². The maximum Gasteiger partial charge on any atom is 0.247 e. The minimum Gasteiger partial charge on any atom is -0.306 e. The van der Waals surface area contributed by atoms with Crippen LogP contribution in [0.1, 0.15) is 6.92 Å². The van der Waals surface area contributed by atoms with Gasteiger partial charge in [0.15, 0.2) is 5.82 Å². The molecule has 1 N–H and O–H groups in total. The van der Waals surface area contributed by atoms with Crippen LogP contribution in [0.15, 0.2) is 36.8 Å². The largest absolute Gasteiger partial charge is 0.306 e. The fourth-order valence-electron chi connectivity index (χ4n) is 2.42. The van der Waals surface area contributed by atoms with Gasteiger partial charge in [0.2, 0.25) is 5.91 Å². The molecule has 1 aromatic carbocycles. The molecule has 4 aromatic rings. The highest BCUT2D eigenvalue weighted by Crippen LogP contribution is 2.31. The lowest BCUT2D eigenvalue weighted by molar-refractivity contribution is -0.116. The van der Waals surface area contributed by atoms with Gasteiger partial charge in [-0.2, -0.15) is 15.0 Å². The Morgan fingerprint density at radius 3 is 3.00 bits per heavy atom. The van der Waals surface area contributed by atoms with Crippen LogP contribution in [-0.2, 0) is 17.9 Å². The number of aryl methyl sites for hydroxylation is 1. The van der Waals surface area contributed by atoms with Crippen molar-refractivity contribution in [2.75, 3.05) is 5.32 Å². The molecule has 0 fully saturated rings. The smallest absolute Gasteiger partial charge is 0.247 e. The number of carbonyl (C=O) groups is 1. The van der Waals surface area contributed by atoms with Gasteiger partial charge in [-0.15, -0.1) is 16.4 Å². The Morgan fingerprint density at radius 2 is 2.19 bits per heavy atom. The number of benzene rings is 1. The summed E-state index contributed by atoms with van der Waals surface area (Å²) in [4.78, 5) is 18.2. The first-order valence-electron chi connectivity index (χ1n) is 7.89. The van der Waals surface area contributed by atoms with E-state index in [-0.39, 0.29) is 12.5 Å². The molecule has 3 aromatic heterocycles. The highest BCUT2D eigenvalue weighted by atomic mass is 35.5. The molecule has 0 spiro atoms. The van der Waals surface area contributed by atoms with E-state index in [0.29, 0.717) is 17.4 Å². The van der Waals surface area contributed by atoms with Crippen LogP contribution in [0, 0.1) is 0 Å². The standard InChI is InChI=1S/C16H14ClN7OS/c1-2-24-19-7-14(22-24)21-15(25)9-23-8-10(6-18-23)16-20-12-4-3-11(17)5-13(12)26-16/h3-8H,2,9H2,1H3,(H,21,22,25). The number of hydrogen-bond acceptors (Lipinski definition) is 6. The van der Waals surface area contributed by atoms with Gasteiger partial charge in [0, 0.05) is 16.8 Å². The summed E-state index contributed by atoms with van der Waals surface area (Å²) >= 11 is 7.55. The van der Waals surface area contributed by atoms with E-state index in [1.807, 2.05) is 25.1 Å². The van der Waals surface area contributed by atoms with Crippen LogP contribution in [0.3, 0.4) is 0 Å². The molecule has 132 valence electrons. The molecule has 4 rings (SSSR count). The summed E-state index contributed by atoms with van der Waals surface area (Å²) in [6.45, 7) is 2.65. The van der Waals surface area contributed by atoms with Crippen molar-refractivity contribution >= 4 is 44.9 Å². The van der Waals surface area contributed by atoms with Crippen molar-refractivity contribution in [3.05, 3.63) is 41.8 Å². The summed E-state index contributed by atoms with van der Waals surface area (Å²) in [5.41, 5.74) is 1.74. The number of thiazole rings is 1. The summed E-state index contributed by atoms with van der Waals surface area (Å²) in [6.07, 6.45) is 5.00. The number of amides is 1. The number of halogens is 1. The van der Waals surface area contributed by atoms with Gasteiger partial charge >= 0.3 is 0 Å².